The molecule has 0 heterocycles. The Kier molecular flexibility index (Phi) is 2.87. The summed E-state index contributed by atoms with van der Waals surface area (Å²) < 4.78 is 1.18. The summed E-state index contributed by atoms with van der Waals surface area (Å²) in [6.07, 6.45) is 1.10. The number of hydrogen-bond acceptors (Lipinski definition) is 1. The van der Waals surface area contributed by atoms with Crippen LogP contribution in [0.15, 0.2) is 16.6 Å². The van der Waals surface area contributed by atoms with Crippen LogP contribution in [0.4, 0.5) is 0 Å². The maximum atomic E-state index is 6.22. The molecule has 1 aromatic carbocycles. The van der Waals surface area contributed by atoms with Gasteiger partial charge in [0.2, 0.25) is 0 Å². The van der Waals surface area contributed by atoms with Crippen molar-refractivity contribution in [1.82, 2.24) is 5.32 Å². The van der Waals surface area contributed by atoms with Gasteiger partial charge in [-0.1, -0.05) is 34.5 Å². The van der Waals surface area contributed by atoms with Crippen molar-refractivity contribution in [3.05, 3.63) is 32.8 Å². The third-order valence-electron chi connectivity index (χ3n) is 2.96. The minimum Gasteiger partial charge on any atom is -0.313 e. The van der Waals surface area contributed by atoms with Gasteiger partial charge in [-0.15, -0.1) is 0 Å². The number of fused-ring (bicyclic) bond motifs is 1. The normalized spacial score (nSPS) is 25.1. The average Bonchev–Trinajstić information content (AvgIpc) is 2.50. The molecule has 0 aromatic heterocycles. The molecule has 3 heteroatoms. The highest BCUT2D eigenvalue weighted by Gasteiger charge is 2.31. The first-order valence-corrected chi connectivity index (χ1v) is 5.96. The molecule has 0 fully saturated rings. The summed E-state index contributed by atoms with van der Waals surface area (Å²) in [4.78, 5) is 0. The van der Waals surface area contributed by atoms with Gasteiger partial charge in [0.25, 0.3) is 0 Å². The molecule has 0 spiro atoms. The highest BCUT2D eigenvalue weighted by Crippen LogP contribution is 2.42. The second-order valence-electron chi connectivity index (χ2n) is 3.87. The molecule has 2 unspecified atom stereocenters. The summed E-state index contributed by atoms with van der Waals surface area (Å²) in [7, 11) is 1.99. The summed E-state index contributed by atoms with van der Waals surface area (Å²) in [6, 6.07) is 4.40. The minimum absolute atomic E-state index is 0.398. The minimum atomic E-state index is 0.398. The van der Waals surface area contributed by atoms with Crippen LogP contribution in [0.25, 0.3) is 0 Å². The molecule has 2 atom stereocenters. The lowest BCUT2D eigenvalue weighted by molar-refractivity contribution is 0.447. The van der Waals surface area contributed by atoms with Crippen molar-refractivity contribution in [1.29, 1.82) is 0 Å². The van der Waals surface area contributed by atoms with Crippen LogP contribution in [0.3, 0.4) is 0 Å². The van der Waals surface area contributed by atoms with E-state index in [-0.39, 0.29) is 0 Å². The van der Waals surface area contributed by atoms with E-state index in [1.54, 1.807) is 0 Å². The van der Waals surface area contributed by atoms with Crippen LogP contribution in [-0.4, -0.2) is 7.05 Å². The van der Waals surface area contributed by atoms with Crippen LogP contribution in [0.5, 0.6) is 0 Å². The predicted octanol–water partition coefficient (Wildman–Crippen LogP) is 3.56. The third kappa shape index (κ3) is 1.50. The quantitative estimate of drug-likeness (QED) is 0.826. The number of rotatable bonds is 1. The van der Waals surface area contributed by atoms with E-state index in [9.17, 15) is 0 Å². The molecule has 0 saturated carbocycles. The first-order valence-electron chi connectivity index (χ1n) is 4.79. The molecule has 1 nitrogen and oxygen atoms in total. The van der Waals surface area contributed by atoms with Crippen molar-refractivity contribution in [2.24, 2.45) is 5.92 Å². The Balaban J connectivity index is 2.57. The number of halogens is 2. The van der Waals surface area contributed by atoms with E-state index in [0.29, 0.717) is 12.0 Å². The summed E-state index contributed by atoms with van der Waals surface area (Å²) in [6.45, 7) is 2.25. The largest absolute Gasteiger partial charge is 0.313 e. The molecule has 76 valence electrons. The topological polar surface area (TPSA) is 12.0 Å². The fourth-order valence-corrected chi connectivity index (χ4v) is 3.11. The lowest BCUT2D eigenvalue weighted by Crippen LogP contribution is -2.19. The highest BCUT2D eigenvalue weighted by atomic mass is 79.9. The second-order valence-corrected chi connectivity index (χ2v) is 5.13. The van der Waals surface area contributed by atoms with Gasteiger partial charge >= 0.3 is 0 Å². The maximum Gasteiger partial charge on any atom is 0.0457 e. The van der Waals surface area contributed by atoms with Crippen molar-refractivity contribution in [3.8, 4) is 0 Å². The van der Waals surface area contributed by atoms with Gasteiger partial charge in [0.05, 0.1) is 0 Å². The van der Waals surface area contributed by atoms with Crippen molar-refractivity contribution in [3.63, 3.8) is 0 Å². The van der Waals surface area contributed by atoms with E-state index in [1.165, 1.54) is 15.6 Å². The predicted molar refractivity (Wildman–Crippen MR) is 63.8 cm³/mol. The van der Waals surface area contributed by atoms with Crippen LogP contribution in [0, 0.1) is 5.92 Å². The Labute approximate surface area is 98.0 Å². The van der Waals surface area contributed by atoms with Crippen LogP contribution in [0.1, 0.15) is 24.1 Å². The Hall–Kier alpha value is -0.0500. The summed E-state index contributed by atoms with van der Waals surface area (Å²) >= 11 is 9.80. The summed E-state index contributed by atoms with van der Waals surface area (Å²) in [5.41, 5.74) is 2.64. The zero-order valence-corrected chi connectivity index (χ0v) is 10.6. The molecule has 0 bridgehead atoms. The van der Waals surface area contributed by atoms with Gasteiger partial charge in [0.15, 0.2) is 0 Å². The first kappa shape index (κ1) is 10.5. The molecule has 1 aliphatic carbocycles. The van der Waals surface area contributed by atoms with E-state index in [0.717, 1.165) is 11.4 Å². The summed E-state index contributed by atoms with van der Waals surface area (Å²) in [5.74, 6) is 0.617. The van der Waals surface area contributed by atoms with E-state index >= 15 is 0 Å². The Morgan fingerprint density at radius 3 is 2.86 bits per heavy atom. The van der Waals surface area contributed by atoms with E-state index in [2.05, 4.69) is 28.2 Å². The highest BCUT2D eigenvalue weighted by molar-refractivity contribution is 9.10. The fourth-order valence-electron chi connectivity index (χ4n) is 2.31. The standard InChI is InChI=1S/C11H13BrClN/c1-6-5-7-8(12)3-4-9(13)10(7)11(6)14-2/h3-4,6,11,14H,5H2,1-2H3. The van der Waals surface area contributed by atoms with Gasteiger partial charge in [-0.25, -0.2) is 0 Å². The third-order valence-corrected chi connectivity index (χ3v) is 4.04. The molecule has 14 heavy (non-hydrogen) atoms. The summed E-state index contributed by atoms with van der Waals surface area (Å²) in [5, 5.41) is 4.21. The van der Waals surface area contributed by atoms with E-state index in [1.807, 2.05) is 19.2 Å². The number of hydrogen-bond donors (Lipinski definition) is 1. The van der Waals surface area contributed by atoms with Crippen molar-refractivity contribution in [2.75, 3.05) is 7.05 Å². The first-order chi connectivity index (χ1) is 6.65. The Morgan fingerprint density at radius 2 is 2.21 bits per heavy atom. The van der Waals surface area contributed by atoms with Gasteiger partial charge in [0.1, 0.15) is 0 Å². The average molecular weight is 275 g/mol. The van der Waals surface area contributed by atoms with Crippen molar-refractivity contribution < 1.29 is 0 Å². The van der Waals surface area contributed by atoms with Crippen LogP contribution >= 0.6 is 27.5 Å². The monoisotopic (exact) mass is 273 g/mol. The zero-order valence-electron chi connectivity index (χ0n) is 8.27. The Morgan fingerprint density at radius 1 is 1.50 bits per heavy atom. The molecule has 0 saturated heterocycles. The molecular formula is C11H13BrClN. The Bertz CT molecular complexity index is 365. The van der Waals surface area contributed by atoms with Gasteiger partial charge in [-0.2, -0.15) is 0 Å². The molecule has 2 rings (SSSR count). The van der Waals surface area contributed by atoms with Gasteiger partial charge < -0.3 is 5.32 Å². The fraction of sp³-hybridized carbons (Fsp3) is 0.455. The zero-order chi connectivity index (χ0) is 10.3. The van der Waals surface area contributed by atoms with Gasteiger partial charge in [-0.05, 0) is 42.6 Å². The molecule has 0 aliphatic heterocycles. The number of nitrogens with one attached hydrogen (secondary N) is 1. The van der Waals surface area contributed by atoms with Crippen molar-refractivity contribution in [2.45, 2.75) is 19.4 Å². The molecule has 1 aliphatic rings. The molecule has 1 aromatic rings. The SMILES string of the molecule is CNC1c2c(Cl)ccc(Br)c2CC1C. The molecule has 0 amide bonds. The maximum absolute atomic E-state index is 6.22. The van der Waals surface area contributed by atoms with E-state index in [4.69, 9.17) is 11.6 Å². The second kappa shape index (κ2) is 3.84. The number of benzene rings is 1. The van der Waals surface area contributed by atoms with Crippen LogP contribution in [0.2, 0.25) is 5.02 Å². The van der Waals surface area contributed by atoms with Crippen LogP contribution in [-0.2, 0) is 6.42 Å². The van der Waals surface area contributed by atoms with Gasteiger partial charge in [-0.3, -0.25) is 0 Å². The van der Waals surface area contributed by atoms with E-state index < -0.39 is 0 Å². The lowest BCUT2D eigenvalue weighted by Gasteiger charge is -2.16. The van der Waals surface area contributed by atoms with Crippen molar-refractivity contribution >= 4 is 27.5 Å². The smallest absolute Gasteiger partial charge is 0.0457 e. The molecule has 1 N–H and O–H groups in total. The molecular weight excluding hydrogens is 261 g/mol. The van der Waals surface area contributed by atoms with Gasteiger partial charge in [0, 0.05) is 15.5 Å². The molecule has 0 radical (unpaired) electrons. The lowest BCUT2D eigenvalue weighted by atomic mass is 10.0. The van der Waals surface area contributed by atoms with Crippen LogP contribution < -0.4 is 5.32 Å².